The van der Waals surface area contributed by atoms with Crippen LogP contribution in [0.15, 0.2) is 6.20 Å². The van der Waals surface area contributed by atoms with E-state index in [1.165, 1.54) is 49.9 Å². The zero-order valence-electron chi connectivity index (χ0n) is 13.3. The summed E-state index contributed by atoms with van der Waals surface area (Å²) < 4.78 is 2.23. The fraction of sp³-hybridized carbons (Fsp3) is 0.824. The van der Waals surface area contributed by atoms with Gasteiger partial charge in [-0.25, -0.2) is 0 Å². The van der Waals surface area contributed by atoms with Crippen LogP contribution in [0.1, 0.15) is 76.9 Å². The van der Waals surface area contributed by atoms with E-state index in [0.29, 0.717) is 17.5 Å². The van der Waals surface area contributed by atoms with Crippen molar-refractivity contribution in [2.45, 2.75) is 84.2 Å². The number of hydrogen-bond donors (Lipinski definition) is 1. The van der Waals surface area contributed by atoms with Gasteiger partial charge in [-0.1, -0.05) is 26.7 Å². The number of nitrogens with zero attached hydrogens (tertiary/aromatic N) is 2. The first-order chi connectivity index (χ1) is 9.70. The Morgan fingerprint density at radius 2 is 2.00 bits per heavy atom. The number of nitrogens with one attached hydrogen (secondary N) is 1. The molecular formula is C17H29N3. The van der Waals surface area contributed by atoms with Gasteiger partial charge in [-0.15, -0.1) is 0 Å². The lowest BCUT2D eigenvalue weighted by atomic mass is 9.65. The third-order valence-electron chi connectivity index (χ3n) is 5.92. The Labute approximate surface area is 123 Å². The summed E-state index contributed by atoms with van der Waals surface area (Å²) >= 11 is 0. The predicted octanol–water partition coefficient (Wildman–Crippen LogP) is 4.69. The van der Waals surface area contributed by atoms with Crippen LogP contribution in [0, 0.1) is 12.3 Å². The van der Waals surface area contributed by atoms with Gasteiger partial charge in [0.2, 0.25) is 0 Å². The van der Waals surface area contributed by atoms with Crippen LogP contribution in [0.4, 0.5) is 5.69 Å². The van der Waals surface area contributed by atoms with E-state index in [-0.39, 0.29) is 0 Å². The van der Waals surface area contributed by atoms with Gasteiger partial charge in [0.1, 0.15) is 0 Å². The van der Waals surface area contributed by atoms with E-state index in [1.807, 2.05) is 0 Å². The van der Waals surface area contributed by atoms with Crippen molar-refractivity contribution in [2.75, 3.05) is 5.32 Å². The Bertz CT molecular complexity index is 455. The van der Waals surface area contributed by atoms with Gasteiger partial charge in [0, 0.05) is 6.04 Å². The van der Waals surface area contributed by atoms with Crippen molar-refractivity contribution in [2.24, 2.45) is 5.41 Å². The molecule has 20 heavy (non-hydrogen) atoms. The quantitative estimate of drug-likeness (QED) is 0.845. The Hall–Kier alpha value is -0.990. The van der Waals surface area contributed by atoms with Gasteiger partial charge < -0.3 is 5.32 Å². The normalized spacial score (nSPS) is 24.3. The van der Waals surface area contributed by atoms with Gasteiger partial charge in [0.15, 0.2) is 0 Å². The molecule has 1 aromatic rings. The molecule has 0 aliphatic heterocycles. The van der Waals surface area contributed by atoms with Crippen LogP contribution in [-0.2, 0) is 0 Å². The van der Waals surface area contributed by atoms with Crippen molar-refractivity contribution >= 4 is 5.69 Å². The van der Waals surface area contributed by atoms with Crippen LogP contribution in [0.3, 0.4) is 0 Å². The van der Waals surface area contributed by atoms with Crippen molar-refractivity contribution in [3.05, 3.63) is 11.9 Å². The Morgan fingerprint density at radius 1 is 1.30 bits per heavy atom. The molecule has 2 aliphatic carbocycles. The molecule has 1 aromatic heterocycles. The van der Waals surface area contributed by atoms with Gasteiger partial charge in [0.25, 0.3) is 0 Å². The SMILES string of the molecule is CCC(CC)n1ncc(NC2CCCC23CCC3)c1C. The highest BCUT2D eigenvalue weighted by Crippen LogP contribution is 2.54. The van der Waals surface area contributed by atoms with Crippen molar-refractivity contribution in [3.63, 3.8) is 0 Å². The summed E-state index contributed by atoms with van der Waals surface area (Å²) in [6.07, 6.45) is 12.9. The average molecular weight is 275 g/mol. The van der Waals surface area contributed by atoms with Crippen LogP contribution in [-0.4, -0.2) is 15.8 Å². The van der Waals surface area contributed by atoms with E-state index in [2.05, 4.69) is 42.1 Å². The molecule has 112 valence electrons. The third-order valence-corrected chi connectivity index (χ3v) is 5.92. The molecule has 2 aliphatic rings. The standard InChI is InChI=1S/C17H29N3/c1-4-14(5-2)20-13(3)15(12-18-20)19-16-8-6-9-17(16)10-7-11-17/h12,14,16,19H,4-11H2,1-3H3. The first-order valence-electron chi connectivity index (χ1n) is 8.51. The van der Waals surface area contributed by atoms with E-state index in [9.17, 15) is 0 Å². The summed E-state index contributed by atoms with van der Waals surface area (Å²) in [6, 6.07) is 1.24. The van der Waals surface area contributed by atoms with E-state index in [4.69, 9.17) is 0 Å². The molecular weight excluding hydrogens is 246 g/mol. The maximum Gasteiger partial charge on any atom is 0.0758 e. The van der Waals surface area contributed by atoms with E-state index >= 15 is 0 Å². The number of rotatable bonds is 5. The van der Waals surface area contributed by atoms with Crippen molar-refractivity contribution in [3.8, 4) is 0 Å². The molecule has 1 atom stereocenters. The molecule has 0 amide bonds. The Morgan fingerprint density at radius 3 is 2.60 bits per heavy atom. The van der Waals surface area contributed by atoms with E-state index < -0.39 is 0 Å². The Balaban J connectivity index is 1.75. The van der Waals surface area contributed by atoms with Crippen LogP contribution in [0.25, 0.3) is 0 Å². The number of anilines is 1. The van der Waals surface area contributed by atoms with E-state index in [0.717, 1.165) is 12.8 Å². The molecule has 3 nitrogen and oxygen atoms in total. The third kappa shape index (κ3) is 2.15. The van der Waals surface area contributed by atoms with Crippen LogP contribution in [0.2, 0.25) is 0 Å². The number of aromatic nitrogens is 2. The van der Waals surface area contributed by atoms with Gasteiger partial charge in [-0.2, -0.15) is 5.10 Å². The zero-order valence-corrected chi connectivity index (χ0v) is 13.3. The van der Waals surface area contributed by atoms with E-state index in [1.54, 1.807) is 0 Å². The molecule has 2 saturated carbocycles. The number of hydrogen-bond acceptors (Lipinski definition) is 2. The molecule has 2 fully saturated rings. The molecule has 0 saturated heterocycles. The molecule has 1 unspecified atom stereocenters. The smallest absolute Gasteiger partial charge is 0.0758 e. The molecule has 0 radical (unpaired) electrons. The monoisotopic (exact) mass is 275 g/mol. The van der Waals surface area contributed by atoms with Gasteiger partial charge in [-0.3, -0.25) is 4.68 Å². The summed E-state index contributed by atoms with van der Waals surface area (Å²) in [5.74, 6) is 0. The summed E-state index contributed by atoms with van der Waals surface area (Å²) in [5, 5.41) is 8.49. The van der Waals surface area contributed by atoms with Gasteiger partial charge in [-0.05, 0) is 50.9 Å². The zero-order chi connectivity index (χ0) is 14.2. The molecule has 1 spiro atoms. The molecule has 0 aromatic carbocycles. The summed E-state index contributed by atoms with van der Waals surface area (Å²) in [6.45, 7) is 6.72. The first kappa shape index (κ1) is 14.0. The fourth-order valence-corrected chi connectivity index (χ4v) is 4.35. The largest absolute Gasteiger partial charge is 0.379 e. The second-order valence-electron chi connectivity index (χ2n) is 6.86. The minimum atomic E-state index is 0.548. The molecule has 3 rings (SSSR count). The lowest BCUT2D eigenvalue weighted by Gasteiger charge is -2.44. The molecule has 1 heterocycles. The fourth-order valence-electron chi connectivity index (χ4n) is 4.35. The highest BCUT2D eigenvalue weighted by molar-refractivity contribution is 5.47. The van der Waals surface area contributed by atoms with Gasteiger partial charge in [0.05, 0.1) is 23.6 Å². The molecule has 3 heteroatoms. The molecule has 0 bridgehead atoms. The highest BCUT2D eigenvalue weighted by atomic mass is 15.3. The van der Waals surface area contributed by atoms with Gasteiger partial charge >= 0.3 is 0 Å². The summed E-state index contributed by atoms with van der Waals surface area (Å²) in [7, 11) is 0. The average Bonchev–Trinajstić information content (AvgIpc) is 2.98. The molecule has 1 N–H and O–H groups in total. The van der Waals surface area contributed by atoms with Crippen molar-refractivity contribution in [1.82, 2.24) is 9.78 Å². The first-order valence-corrected chi connectivity index (χ1v) is 8.51. The van der Waals surface area contributed by atoms with Crippen LogP contribution in [0.5, 0.6) is 0 Å². The van der Waals surface area contributed by atoms with Crippen molar-refractivity contribution < 1.29 is 0 Å². The van der Waals surface area contributed by atoms with Crippen molar-refractivity contribution in [1.29, 1.82) is 0 Å². The maximum absolute atomic E-state index is 4.65. The topological polar surface area (TPSA) is 29.9 Å². The highest BCUT2D eigenvalue weighted by Gasteiger charge is 2.47. The predicted molar refractivity (Wildman–Crippen MR) is 84.1 cm³/mol. The second kappa shape index (κ2) is 5.42. The second-order valence-corrected chi connectivity index (χ2v) is 6.86. The maximum atomic E-state index is 4.65. The lowest BCUT2D eigenvalue weighted by Crippen LogP contribution is -2.41. The minimum absolute atomic E-state index is 0.548. The summed E-state index contributed by atoms with van der Waals surface area (Å²) in [4.78, 5) is 0. The minimum Gasteiger partial charge on any atom is -0.379 e. The summed E-state index contributed by atoms with van der Waals surface area (Å²) in [5.41, 5.74) is 3.22. The lowest BCUT2D eigenvalue weighted by molar-refractivity contribution is 0.129. The van der Waals surface area contributed by atoms with Crippen LogP contribution < -0.4 is 5.32 Å². The van der Waals surface area contributed by atoms with Crippen LogP contribution >= 0.6 is 0 Å². The Kier molecular flexibility index (Phi) is 3.78.